The zero-order valence-electron chi connectivity index (χ0n) is 17.6. The average molecular weight is 406 g/mol. The van der Waals surface area contributed by atoms with E-state index in [1.165, 1.54) is 19.3 Å². The normalized spacial score (nSPS) is 14.7. The Labute approximate surface area is 178 Å². The molecule has 1 aliphatic rings. The number of fused-ring (bicyclic) bond motifs is 1. The fourth-order valence-electron chi connectivity index (χ4n) is 4.30. The van der Waals surface area contributed by atoms with Crippen LogP contribution in [-0.4, -0.2) is 28.6 Å². The maximum absolute atomic E-state index is 12.3. The van der Waals surface area contributed by atoms with Gasteiger partial charge in [0, 0.05) is 18.9 Å². The molecule has 158 valence electrons. The van der Waals surface area contributed by atoms with Gasteiger partial charge < -0.3 is 14.6 Å². The van der Waals surface area contributed by atoms with Crippen LogP contribution in [0.3, 0.4) is 0 Å². The molecule has 0 saturated heterocycles. The number of carbonyl (C=O) groups is 1. The molecular weight excluding hydrogens is 374 g/mol. The van der Waals surface area contributed by atoms with Gasteiger partial charge in [0.25, 0.3) is 0 Å². The van der Waals surface area contributed by atoms with E-state index in [0.717, 1.165) is 54.8 Å². The number of hydrogen-bond acceptors (Lipinski definition) is 3. The monoisotopic (exact) mass is 405 g/mol. The molecule has 1 fully saturated rings. The third-order valence-electron chi connectivity index (χ3n) is 5.91. The molecule has 1 aromatic heterocycles. The van der Waals surface area contributed by atoms with Crippen LogP contribution in [0.15, 0.2) is 54.6 Å². The quantitative estimate of drug-likeness (QED) is 0.523. The predicted octanol–water partition coefficient (Wildman–Crippen LogP) is 4.74. The lowest BCUT2D eigenvalue weighted by Crippen LogP contribution is -2.32. The summed E-state index contributed by atoms with van der Waals surface area (Å²) in [4.78, 5) is 17.2. The van der Waals surface area contributed by atoms with Crippen LogP contribution < -0.4 is 10.1 Å². The summed E-state index contributed by atoms with van der Waals surface area (Å²) in [5.74, 6) is 2.39. The van der Waals surface area contributed by atoms with Gasteiger partial charge >= 0.3 is 0 Å². The molecule has 30 heavy (non-hydrogen) atoms. The van der Waals surface area contributed by atoms with E-state index < -0.39 is 0 Å². The molecule has 5 heteroatoms. The van der Waals surface area contributed by atoms with Crippen molar-refractivity contribution in [2.45, 2.75) is 51.5 Å². The number of aryl methyl sites for hydroxylation is 1. The summed E-state index contributed by atoms with van der Waals surface area (Å²) < 4.78 is 8.15. The van der Waals surface area contributed by atoms with Gasteiger partial charge in [-0.05, 0) is 43.5 Å². The number of nitrogens with one attached hydrogen (secondary N) is 1. The van der Waals surface area contributed by atoms with E-state index in [-0.39, 0.29) is 11.8 Å². The first-order valence-corrected chi connectivity index (χ1v) is 11.2. The molecule has 0 atom stereocenters. The summed E-state index contributed by atoms with van der Waals surface area (Å²) in [5, 5.41) is 3.14. The molecule has 3 aromatic rings. The highest BCUT2D eigenvalue weighted by Crippen LogP contribution is 2.23. The SMILES string of the molecule is O=C(NCCCc1nc2ccccc2n1CCOc1ccccc1)C1CCCCC1. The van der Waals surface area contributed by atoms with Crippen LogP contribution in [0, 0.1) is 5.92 Å². The first kappa shape index (κ1) is 20.5. The number of rotatable bonds is 9. The molecule has 0 spiro atoms. The van der Waals surface area contributed by atoms with Crippen molar-refractivity contribution in [2.75, 3.05) is 13.2 Å². The van der Waals surface area contributed by atoms with Gasteiger partial charge in [-0.1, -0.05) is 49.6 Å². The second kappa shape index (κ2) is 10.3. The molecule has 1 heterocycles. The fraction of sp³-hybridized carbons (Fsp3) is 0.440. The highest BCUT2D eigenvalue weighted by molar-refractivity contribution is 5.78. The smallest absolute Gasteiger partial charge is 0.223 e. The molecule has 0 bridgehead atoms. The number of hydrogen-bond donors (Lipinski definition) is 1. The summed E-state index contributed by atoms with van der Waals surface area (Å²) in [6.45, 7) is 2.05. The topological polar surface area (TPSA) is 56.2 Å². The van der Waals surface area contributed by atoms with E-state index >= 15 is 0 Å². The van der Waals surface area contributed by atoms with Crippen molar-refractivity contribution in [3.8, 4) is 5.75 Å². The van der Waals surface area contributed by atoms with Crippen molar-refractivity contribution in [1.29, 1.82) is 0 Å². The molecule has 1 N–H and O–H groups in total. The fourth-order valence-corrected chi connectivity index (χ4v) is 4.30. The lowest BCUT2D eigenvalue weighted by molar-refractivity contribution is -0.125. The number of imidazole rings is 1. The van der Waals surface area contributed by atoms with Crippen molar-refractivity contribution < 1.29 is 9.53 Å². The first-order valence-electron chi connectivity index (χ1n) is 11.2. The van der Waals surface area contributed by atoms with Crippen LogP contribution in [0.2, 0.25) is 0 Å². The van der Waals surface area contributed by atoms with Gasteiger partial charge in [-0.3, -0.25) is 4.79 Å². The van der Waals surface area contributed by atoms with Gasteiger partial charge in [0.2, 0.25) is 5.91 Å². The van der Waals surface area contributed by atoms with Crippen molar-refractivity contribution in [1.82, 2.24) is 14.9 Å². The molecule has 1 amide bonds. The van der Waals surface area contributed by atoms with E-state index in [1.807, 2.05) is 42.5 Å². The lowest BCUT2D eigenvalue weighted by atomic mass is 9.89. The third kappa shape index (κ3) is 5.21. The molecule has 4 rings (SSSR count). The van der Waals surface area contributed by atoms with Crippen molar-refractivity contribution in [3.63, 3.8) is 0 Å². The Bertz CT molecular complexity index is 945. The van der Waals surface area contributed by atoms with Crippen molar-refractivity contribution in [2.24, 2.45) is 5.92 Å². The predicted molar refractivity (Wildman–Crippen MR) is 120 cm³/mol. The zero-order chi connectivity index (χ0) is 20.6. The number of carbonyl (C=O) groups excluding carboxylic acids is 1. The molecular formula is C25H31N3O2. The van der Waals surface area contributed by atoms with Crippen LogP contribution in [0.4, 0.5) is 0 Å². The largest absolute Gasteiger partial charge is 0.492 e. The molecule has 1 saturated carbocycles. The van der Waals surface area contributed by atoms with Gasteiger partial charge in [0.15, 0.2) is 0 Å². The Morgan fingerprint density at radius 3 is 2.63 bits per heavy atom. The maximum atomic E-state index is 12.3. The lowest BCUT2D eigenvalue weighted by Gasteiger charge is -2.20. The average Bonchev–Trinajstić information content (AvgIpc) is 3.15. The Kier molecular flexibility index (Phi) is 7.01. The summed E-state index contributed by atoms with van der Waals surface area (Å²) >= 11 is 0. The highest BCUT2D eigenvalue weighted by atomic mass is 16.5. The van der Waals surface area contributed by atoms with Crippen LogP contribution in [0.5, 0.6) is 5.75 Å². The minimum atomic E-state index is 0.221. The first-order chi connectivity index (χ1) is 14.8. The summed E-state index contributed by atoms with van der Waals surface area (Å²) in [5.41, 5.74) is 2.15. The van der Waals surface area contributed by atoms with Gasteiger partial charge in [-0.15, -0.1) is 0 Å². The van der Waals surface area contributed by atoms with E-state index in [9.17, 15) is 4.79 Å². The Balaban J connectivity index is 1.33. The highest BCUT2D eigenvalue weighted by Gasteiger charge is 2.20. The summed E-state index contributed by atoms with van der Waals surface area (Å²) in [6.07, 6.45) is 7.46. The number of para-hydroxylation sites is 3. The maximum Gasteiger partial charge on any atom is 0.223 e. The van der Waals surface area contributed by atoms with Crippen molar-refractivity contribution >= 4 is 16.9 Å². The van der Waals surface area contributed by atoms with E-state index in [2.05, 4.69) is 22.0 Å². The molecule has 2 aromatic carbocycles. The Morgan fingerprint density at radius 1 is 1.03 bits per heavy atom. The summed E-state index contributed by atoms with van der Waals surface area (Å²) in [6, 6.07) is 18.1. The number of amides is 1. The van der Waals surface area contributed by atoms with Gasteiger partial charge in [-0.25, -0.2) is 4.98 Å². The number of benzene rings is 2. The molecule has 0 unspecified atom stereocenters. The van der Waals surface area contributed by atoms with Gasteiger partial charge in [0.05, 0.1) is 17.6 Å². The van der Waals surface area contributed by atoms with Crippen LogP contribution in [0.25, 0.3) is 11.0 Å². The number of aromatic nitrogens is 2. The second-order valence-electron chi connectivity index (χ2n) is 8.06. The number of nitrogens with zero attached hydrogens (tertiary/aromatic N) is 2. The second-order valence-corrected chi connectivity index (χ2v) is 8.06. The van der Waals surface area contributed by atoms with Gasteiger partial charge in [-0.2, -0.15) is 0 Å². The molecule has 1 aliphatic carbocycles. The zero-order valence-corrected chi connectivity index (χ0v) is 17.6. The Morgan fingerprint density at radius 2 is 1.80 bits per heavy atom. The minimum absolute atomic E-state index is 0.221. The molecule has 0 radical (unpaired) electrons. The minimum Gasteiger partial charge on any atom is -0.492 e. The van der Waals surface area contributed by atoms with E-state index in [1.54, 1.807) is 0 Å². The van der Waals surface area contributed by atoms with Crippen molar-refractivity contribution in [3.05, 3.63) is 60.4 Å². The van der Waals surface area contributed by atoms with Crippen LogP contribution >= 0.6 is 0 Å². The number of ether oxygens (including phenoxy) is 1. The summed E-state index contributed by atoms with van der Waals surface area (Å²) in [7, 11) is 0. The van der Waals surface area contributed by atoms with E-state index in [0.29, 0.717) is 13.2 Å². The standard InChI is InChI=1S/C25H31N3O2/c29-25(20-10-3-1-4-11-20)26-17-9-16-24-27-22-14-7-8-15-23(22)28(24)18-19-30-21-12-5-2-6-13-21/h2,5-8,12-15,20H,1,3-4,9-11,16-19H2,(H,26,29). The van der Waals surface area contributed by atoms with Crippen LogP contribution in [-0.2, 0) is 17.8 Å². The van der Waals surface area contributed by atoms with Crippen LogP contribution in [0.1, 0.15) is 44.3 Å². The van der Waals surface area contributed by atoms with E-state index in [4.69, 9.17) is 9.72 Å². The third-order valence-corrected chi connectivity index (χ3v) is 5.91. The Hall–Kier alpha value is -2.82. The molecule has 5 nitrogen and oxygen atoms in total. The van der Waals surface area contributed by atoms with Gasteiger partial charge in [0.1, 0.15) is 18.2 Å². The molecule has 0 aliphatic heterocycles.